The molecule has 0 saturated carbocycles. The highest BCUT2D eigenvalue weighted by Crippen LogP contribution is 2.13. The molecule has 0 spiro atoms. The lowest BCUT2D eigenvalue weighted by molar-refractivity contribution is -0.139. The minimum atomic E-state index is -0.265. The van der Waals surface area contributed by atoms with Crippen LogP contribution in [0.1, 0.15) is 5.56 Å². The lowest BCUT2D eigenvalue weighted by Crippen LogP contribution is -2.05. The molecule has 4 nitrogen and oxygen atoms in total. The van der Waals surface area contributed by atoms with Gasteiger partial charge in [-0.05, 0) is 17.7 Å². The average molecular weight is 210 g/mol. The van der Waals surface area contributed by atoms with Crippen LogP contribution < -0.4 is 4.74 Å². The summed E-state index contributed by atoms with van der Waals surface area (Å²) >= 11 is 0. The van der Waals surface area contributed by atoms with Gasteiger partial charge in [-0.25, -0.2) is 0 Å². The van der Waals surface area contributed by atoms with Crippen molar-refractivity contribution in [3.05, 3.63) is 29.8 Å². The van der Waals surface area contributed by atoms with Gasteiger partial charge in [-0.2, -0.15) is 0 Å². The quantitative estimate of drug-likeness (QED) is 0.544. The van der Waals surface area contributed by atoms with Gasteiger partial charge in [0.2, 0.25) is 0 Å². The first-order chi connectivity index (χ1) is 7.26. The van der Waals surface area contributed by atoms with Crippen molar-refractivity contribution in [3.63, 3.8) is 0 Å². The summed E-state index contributed by atoms with van der Waals surface area (Å²) in [7, 11) is 2.92. The molecule has 0 unspecified atom stereocenters. The highest BCUT2D eigenvalue weighted by atomic mass is 16.7. The van der Waals surface area contributed by atoms with Gasteiger partial charge in [-0.1, -0.05) is 12.1 Å². The second kappa shape index (κ2) is 6.03. The second-order valence-electron chi connectivity index (χ2n) is 2.95. The molecule has 0 amide bonds. The predicted molar refractivity (Wildman–Crippen MR) is 54.7 cm³/mol. The van der Waals surface area contributed by atoms with Crippen molar-refractivity contribution < 1.29 is 19.0 Å². The van der Waals surface area contributed by atoms with E-state index in [-0.39, 0.29) is 19.2 Å². The summed E-state index contributed by atoms with van der Waals surface area (Å²) in [6.07, 6.45) is 0.251. The van der Waals surface area contributed by atoms with Gasteiger partial charge in [0.15, 0.2) is 6.79 Å². The van der Waals surface area contributed by atoms with Crippen molar-refractivity contribution in [3.8, 4) is 5.75 Å². The second-order valence-corrected chi connectivity index (χ2v) is 2.95. The molecule has 0 aliphatic heterocycles. The normalized spacial score (nSPS) is 9.73. The molecule has 1 rings (SSSR count). The van der Waals surface area contributed by atoms with Crippen LogP contribution in [0.5, 0.6) is 5.75 Å². The highest BCUT2D eigenvalue weighted by molar-refractivity contribution is 5.72. The third-order valence-electron chi connectivity index (χ3n) is 1.82. The molecule has 0 atom stereocenters. The van der Waals surface area contributed by atoms with Gasteiger partial charge >= 0.3 is 5.97 Å². The third kappa shape index (κ3) is 3.99. The fraction of sp³-hybridized carbons (Fsp3) is 0.364. The molecular formula is C11H14O4. The van der Waals surface area contributed by atoms with E-state index in [0.29, 0.717) is 5.75 Å². The molecule has 0 saturated heterocycles. The van der Waals surface area contributed by atoms with Crippen molar-refractivity contribution in [1.29, 1.82) is 0 Å². The molecule has 0 aliphatic carbocycles. The molecule has 1 aromatic carbocycles. The maximum atomic E-state index is 11.0. The van der Waals surface area contributed by atoms with E-state index in [0.717, 1.165) is 5.56 Å². The Morgan fingerprint density at radius 1 is 1.33 bits per heavy atom. The summed E-state index contributed by atoms with van der Waals surface area (Å²) < 4.78 is 14.6. The molecule has 82 valence electrons. The van der Waals surface area contributed by atoms with Crippen LogP contribution in [-0.4, -0.2) is 27.0 Å². The summed E-state index contributed by atoms with van der Waals surface area (Å²) in [5.41, 5.74) is 0.857. The van der Waals surface area contributed by atoms with Gasteiger partial charge in [0.25, 0.3) is 0 Å². The lowest BCUT2D eigenvalue weighted by atomic mass is 10.1. The zero-order chi connectivity index (χ0) is 11.1. The zero-order valence-corrected chi connectivity index (χ0v) is 8.86. The molecule has 0 radical (unpaired) electrons. The van der Waals surface area contributed by atoms with Crippen LogP contribution in [0, 0.1) is 0 Å². The van der Waals surface area contributed by atoms with Crippen LogP contribution in [0.25, 0.3) is 0 Å². The third-order valence-corrected chi connectivity index (χ3v) is 1.82. The molecule has 1 aromatic rings. The van der Waals surface area contributed by atoms with E-state index in [9.17, 15) is 4.79 Å². The number of carbonyl (C=O) groups excluding carboxylic acids is 1. The Kier molecular flexibility index (Phi) is 4.63. The average Bonchev–Trinajstić information content (AvgIpc) is 2.26. The predicted octanol–water partition coefficient (Wildman–Crippen LogP) is 1.38. The van der Waals surface area contributed by atoms with Gasteiger partial charge in [-0.3, -0.25) is 4.79 Å². The molecular weight excluding hydrogens is 196 g/mol. The van der Waals surface area contributed by atoms with Crippen LogP contribution in [0.4, 0.5) is 0 Å². The largest absolute Gasteiger partial charge is 0.469 e. The standard InChI is InChI=1S/C11H14O4/c1-13-8-15-10-5-3-4-9(6-10)7-11(12)14-2/h3-6H,7-8H2,1-2H3. The summed E-state index contributed by atoms with van der Waals surface area (Å²) in [6.45, 7) is 0.196. The van der Waals surface area contributed by atoms with Gasteiger partial charge in [-0.15, -0.1) is 0 Å². The number of hydrogen-bond acceptors (Lipinski definition) is 4. The Balaban J connectivity index is 2.61. The first-order valence-electron chi connectivity index (χ1n) is 4.53. The van der Waals surface area contributed by atoms with Gasteiger partial charge in [0.05, 0.1) is 13.5 Å². The molecule has 0 aliphatic rings. The minimum Gasteiger partial charge on any atom is -0.469 e. The molecule has 0 fully saturated rings. The van der Waals surface area contributed by atoms with Crippen LogP contribution in [0.3, 0.4) is 0 Å². The Morgan fingerprint density at radius 2 is 2.13 bits per heavy atom. The van der Waals surface area contributed by atoms with Crippen LogP contribution in [0.15, 0.2) is 24.3 Å². The smallest absolute Gasteiger partial charge is 0.309 e. The van der Waals surface area contributed by atoms with Crippen molar-refractivity contribution >= 4 is 5.97 Å². The monoisotopic (exact) mass is 210 g/mol. The molecule has 0 N–H and O–H groups in total. The van der Waals surface area contributed by atoms with E-state index in [2.05, 4.69) is 4.74 Å². The summed E-state index contributed by atoms with van der Waals surface area (Å²) in [4.78, 5) is 11.0. The van der Waals surface area contributed by atoms with Crippen molar-refractivity contribution in [2.45, 2.75) is 6.42 Å². The number of ether oxygens (including phenoxy) is 3. The first-order valence-corrected chi connectivity index (χ1v) is 4.53. The number of esters is 1. The topological polar surface area (TPSA) is 44.8 Å². The minimum absolute atomic E-state index is 0.196. The lowest BCUT2D eigenvalue weighted by Gasteiger charge is -2.06. The fourth-order valence-corrected chi connectivity index (χ4v) is 1.11. The number of benzene rings is 1. The number of hydrogen-bond donors (Lipinski definition) is 0. The molecule has 15 heavy (non-hydrogen) atoms. The van der Waals surface area contributed by atoms with Crippen molar-refractivity contribution in [2.24, 2.45) is 0 Å². The van der Waals surface area contributed by atoms with E-state index < -0.39 is 0 Å². The Labute approximate surface area is 88.8 Å². The Hall–Kier alpha value is -1.55. The maximum absolute atomic E-state index is 11.0. The molecule has 0 bridgehead atoms. The zero-order valence-electron chi connectivity index (χ0n) is 8.86. The van der Waals surface area contributed by atoms with Crippen LogP contribution in [-0.2, 0) is 20.7 Å². The van der Waals surface area contributed by atoms with Gasteiger partial charge in [0, 0.05) is 7.11 Å². The van der Waals surface area contributed by atoms with E-state index in [1.165, 1.54) is 7.11 Å². The first kappa shape index (κ1) is 11.5. The van der Waals surface area contributed by atoms with Crippen molar-refractivity contribution in [2.75, 3.05) is 21.0 Å². The fourth-order valence-electron chi connectivity index (χ4n) is 1.11. The van der Waals surface area contributed by atoms with Crippen molar-refractivity contribution in [1.82, 2.24) is 0 Å². The van der Waals surface area contributed by atoms with E-state index >= 15 is 0 Å². The summed E-state index contributed by atoms with van der Waals surface area (Å²) in [6, 6.07) is 7.26. The number of rotatable bonds is 5. The van der Waals surface area contributed by atoms with Gasteiger partial charge in [0.1, 0.15) is 5.75 Å². The van der Waals surface area contributed by atoms with E-state index in [4.69, 9.17) is 9.47 Å². The highest BCUT2D eigenvalue weighted by Gasteiger charge is 2.03. The van der Waals surface area contributed by atoms with E-state index in [1.807, 2.05) is 12.1 Å². The number of methoxy groups -OCH3 is 2. The SMILES string of the molecule is COCOc1cccc(CC(=O)OC)c1. The van der Waals surface area contributed by atoms with Crippen LogP contribution >= 0.6 is 0 Å². The maximum Gasteiger partial charge on any atom is 0.309 e. The number of carbonyl (C=O) groups is 1. The van der Waals surface area contributed by atoms with E-state index in [1.54, 1.807) is 19.2 Å². The molecule has 4 heteroatoms. The Bertz CT molecular complexity index is 322. The summed E-state index contributed by atoms with van der Waals surface area (Å²) in [5.74, 6) is 0.414. The van der Waals surface area contributed by atoms with Crippen LogP contribution in [0.2, 0.25) is 0 Å². The summed E-state index contributed by atoms with van der Waals surface area (Å²) in [5, 5.41) is 0. The molecule has 0 heterocycles. The Morgan fingerprint density at radius 3 is 2.80 bits per heavy atom. The van der Waals surface area contributed by atoms with Gasteiger partial charge < -0.3 is 14.2 Å². The molecule has 0 aromatic heterocycles.